The normalized spacial score (nSPS) is 13.4. The molecule has 534 valence electrons. The van der Waals surface area contributed by atoms with Gasteiger partial charge in [0.2, 0.25) is 20.1 Å². The van der Waals surface area contributed by atoms with E-state index in [1.165, 1.54) is 145 Å². The first-order valence-corrected chi connectivity index (χ1v) is 43.7. The van der Waals surface area contributed by atoms with Crippen molar-refractivity contribution in [2.24, 2.45) is 0 Å². The maximum Gasteiger partial charge on any atom is 0.358 e. The first-order valence-electron chi connectivity index (χ1n) is 38.6. The number of rotatable bonds is 11. The molecule has 17 heteroatoms. The standard InChI is InChI=1S/C56H38B4N2S2.C24H13B4Br2.C16H12BrNS.CH4.H2/c1-5-19-39(20-6-1)61(40-21-7-2-8-22-40)53-37-35-51(63-53)57-43-27-13-15-29-45(43)59-50-34-18-32-48-56(50)60(49-33-17-31-47(57)55(49)59)46-30-16-14-28-44(46)58(48)52-36-38-54(64-52)62(41-23-9-3-10-24-41)42-25-11-4-12-26-42;29-27-17-9-3-1-7-15(17)25-19-11-5-14-22-24(19)26(20-12-6-13-21(27)23(20)25)16-8-2-4-10-18(16)28(22)30;17-15-11-12-16(19-15)18(13-7-3-1-4-8-13)14-9-5-2-6-10-14;;/h1-38H;1-3,5-14H;1-12H;1H4;1H/q;+1;;;/i;;;;1+1. The van der Waals surface area contributed by atoms with E-state index in [2.05, 4.69) is 438 Å². The number of thiophene rings is 3. The molecule has 0 unspecified atom stereocenters. The van der Waals surface area contributed by atoms with Crippen LogP contribution in [0.2, 0.25) is 0 Å². The van der Waals surface area contributed by atoms with Crippen LogP contribution in [0.4, 0.5) is 49.1 Å². The van der Waals surface area contributed by atoms with Crippen LogP contribution < -0.4 is 123 Å². The Morgan fingerprint density at radius 2 is 0.518 bits per heavy atom. The second-order valence-electron chi connectivity index (χ2n) is 29.6. The van der Waals surface area contributed by atoms with Crippen molar-refractivity contribution in [3.05, 3.63) is 403 Å². The van der Waals surface area contributed by atoms with Crippen molar-refractivity contribution >= 4 is 290 Å². The topological polar surface area (TPSA) is 9.72 Å². The summed E-state index contributed by atoms with van der Waals surface area (Å²) in [5.74, 6) is 0. The number of fused-ring (bicyclic) bond motifs is 11. The summed E-state index contributed by atoms with van der Waals surface area (Å²) in [6.07, 6.45) is 9.81. The van der Waals surface area contributed by atoms with Gasteiger partial charge in [-0.1, -0.05) is 373 Å². The molecule has 1 aliphatic carbocycles. The first kappa shape index (κ1) is 72.4. The fourth-order valence-corrected chi connectivity index (χ4v) is 24.6. The van der Waals surface area contributed by atoms with Crippen molar-refractivity contribution in [1.82, 2.24) is 0 Å². The predicted octanol–water partition coefficient (Wildman–Crippen LogP) is 12.5. The second-order valence-corrected chi connectivity index (χ2v) is 36.1. The highest BCUT2D eigenvalue weighted by Gasteiger charge is 2.53. The van der Waals surface area contributed by atoms with E-state index in [4.69, 9.17) is 0 Å². The maximum atomic E-state index is 4.04. The van der Waals surface area contributed by atoms with Crippen LogP contribution in [0.3, 0.4) is 0 Å². The fraction of sp³-hybridized carbons (Fsp3) is 0.0103. The van der Waals surface area contributed by atoms with Crippen LogP contribution >= 0.6 is 81.5 Å². The summed E-state index contributed by atoms with van der Waals surface area (Å²) >= 11 is 17.2. The molecule has 0 spiro atoms. The summed E-state index contributed by atoms with van der Waals surface area (Å²) in [6.45, 7) is 1.10. The molecule has 0 bridgehead atoms. The Kier molecular flexibility index (Phi) is 19.5. The summed E-state index contributed by atoms with van der Waals surface area (Å²) in [5, 5.41) is 3.63. The van der Waals surface area contributed by atoms with Gasteiger partial charge >= 0.3 is 5.54 Å². The summed E-state index contributed by atoms with van der Waals surface area (Å²) in [4.78, 5) is 7.06. The number of hydrogen-bond acceptors (Lipinski definition) is 6. The molecule has 0 radical (unpaired) electrons. The van der Waals surface area contributed by atoms with Crippen molar-refractivity contribution in [3.8, 4) is 0 Å². The summed E-state index contributed by atoms with van der Waals surface area (Å²) in [6, 6.07) is 133. The Morgan fingerprint density at radius 1 is 0.246 bits per heavy atom. The van der Waals surface area contributed by atoms with Crippen LogP contribution in [0, 0.1) is 6.08 Å². The lowest BCUT2D eigenvalue weighted by Crippen LogP contribution is -2.89. The monoisotopic (exact) mass is 1700 g/mol. The van der Waals surface area contributed by atoms with Gasteiger partial charge in [-0.15, -0.1) is 65.5 Å². The maximum absolute atomic E-state index is 4.04. The number of allylic oxidation sites excluding steroid dienone is 6. The van der Waals surface area contributed by atoms with Crippen LogP contribution in [-0.4, -0.2) is 51.4 Å². The van der Waals surface area contributed by atoms with Gasteiger partial charge in [0.25, 0.3) is 25.7 Å². The van der Waals surface area contributed by atoms with Gasteiger partial charge in [0.1, 0.15) is 11.1 Å². The van der Waals surface area contributed by atoms with Gasteiger partial charge < -0.3 is 14.7 Å². The third-order valence-corrected chi connectivity index (χ3v) is 29.5. The number of anilines is 9. The van der Waals surface area contributed by atoms with E-state index in [9.17, 15) is 0 Å². The zero-order valence-corrected chi connectivity index (χ0v) is 68.4. The molecule has 114 heavy (non-hydrogen) atoms. The molecule has 13 aromatic carbocycles. The molecule has 0 N–H and O–H groups in total. The molecule has 0 saturated carbocycles. The lowest BCUT2D eigenvalue weighted by atomic mass is 9.11. The lowest BCUT2D eigenvalue weighted by molar-refractivity contribution is 1.32. The second kappa shape index (κ2) is 30.7. The Morgan fingerprint density at radius 3 is 0.886 bits per heavy atom. The van der Waals surface area contributed by atoms with Crippen molar-refractivity contribution < 1.29 is 1.43 Å². The molecule has 7 aliphatic rings. The third kappa shape index (κ3) is 12.3. The Balaban J connectivity index is 0.000000142. The molecule has 6 aliphatic heterocycles. The van der Waals surface area contributed by atoms with Crippen LogP contribution in [0.1, 0.15) is 8.85 Å². The van der Waals surface area contributed by atoms with Gasteiger partial charge in [0.15, 0.2) is 0 Å². The predicted molar refractivity (Wildman–Crippen MR) is 519 cm³/mol. The number of benzene rings is 13. The fourth-order valence-electron chi connectivity index (χ4n) is 19.2. The molecule has 3 nitrogen and oxygen atoms in total. The zero-order chi connectivity index (χ0) is 75.2. The smallest absolute Gasteiger partial charge is 0.302 e. The molecule has 16 aromatic rings. The third-order valence-electron chi connectivity index (χ3n) is 23.7. The molecule has 0 atom stereocenters. The van der Waals surface area contributed by atoms with E-state index in [1.54, 1.807) is 11.3 Å². The van der Waals surface area contributed by atoms with E-state index in [1.807, 2.05) is 34.8 Å². The Labute approximate surface area is 709 Å². The minimum Gasteiger partial charge on any atom is -0.302 e. The van der Waals surface area contributed by atoms with Gasteiger partial charge in [0, 0.05) is 58.6 Å². The zero-order valence-electron chi connectivity index (χ0n) is 61.2. The molecule has 0 fully saturated rings. The molecule has 23 rings (SSSR count). The molecular formula is C97H69B8Br3N3S3+. The van der Waals surface area contributed by atoms with Crippen molar-refractivity contribution in [1.29, 1.82) is 0 Å². The average Bonchev–Trinajstić information content (AvgIpc) is 1.35. The van der Waals surface area contributed by atoms with Crippen LogP contribution in [-0.2, 0) is 0 Å². The molecule has 3 aromatic heterocycles. The minimum absolute atomic E-state index is 0. The minimum atomic E-state index is 0. The number of hydrogen-bond donors (Lipinski definition) is 0. The largest absolute Gasteiger partial charge is 0.358 e. The van der Waals surface area contributed by atoms with Crippen LogP contribution in [0.25, 0.3) is 0 Å². The van der Waals surface area contributed by atoms with E-state index in [0.717, 1.165) is 26.5 Å². The van der Waals surface area contributed by atoms with Gasteiger partial charge in [-0.3, -0.25) is 0 Å². The highest BCUT2D eigenvalue weighted by molar-refractivity contribution is 9.25. The highest BCUT2D eigenvalue weighted by Crippen LogP contribution is 2.42. The van der Waals surface area contributed by atoms with Crippen LogP contribution in [0.15, 0.2) is 397 Å². The van der Waals surface area contributed by atoms with E-state index < -0.39 is 0 Å². The SMILES string of the molecule is BrB1C2=C(C=C[C+]=C2)B2c3cccc4c3B(c3ccccc3B4Br)c3cccc1c32.Brc1ccc(N(c2ccccc2)c2ccccc2)s1.C.[2HH].c1ccc(N(c2ccccc2)c2ccc(B3c4ccccc4B4c5cccc6c5B(c5ccccc5B6c5ccc(N(c6ccccc6)c6ccccc6)s5)c5cccc3c54)s2)cc1. The molecule has 0 saturated heterocycles. The first-order chi connectivity index (χ1) is 55.9. The van der Waals surface area contributed by atoms with E-state index in [0.29, 0.717) is 6.71 Å². The Bertz CT molecular complexity index is 6090. The van der Waals surface area contributed by atoms with Crippen molar-refractivity contribution in [3.63, 3.8) is 0 Å². The molecule has 0 amide bonds. The summed E-state index contributed by atoms with van der Waals surface area (Å²) in [5.41, 5.74) is 36.2. The highest BCUT2D eigenvalue weighted by atomic mass is 79.9. The van der Waals surface area contributed by atoms with Crippen molar-refractivity contribution in [2.75, 3.05) is 14.7 Å². The van der Waals surface area contributed by atoms with E-state index in [-0.39, 0.29) is 53.5 Å². The molecule has 9 heterocycles. The van der Waals surface area contributed by atoms with Crippen molar-refractivity contribution in [2.45, 2.75) is 7.43 Å². The van der Waals surface area contributed by atoms with Gasteiger partial charge in [-0.05, 0) is 123 Å². The van der Waals surface area contributed by atoms with Crippen LogP contribution in [0.5, 0.6) is 0 Å². The van der Waals surface area contributed by atoms with Gasteiger partial charge in [0.05, 0.1) is 19.9 Å². The number of para-hydroxylation sites is 6. The lowest BCUT2D eigenvalue weighted by Gasteiger charge is -2.43. The number of nitrogens with zero attached hydrogens (tertiary/aromatic N) is 3. The average molecular weight is 1700 g/mol. The van der Waals surface area contributed by atoms with Gasteiger partial charge in [-0.2, -0.15) is 0 Å². The quantitative estimate of drug-likeness (QED) is 0.0944. The van der Waals surface area contributed by atoms with Gasteiger partial charge in [-0.25, -0.2) is 0 Å². The van der Waals surface area contributed by atoms with E-state index >= 15 is 0 Å². The Hall–Kier alpha value is -10.6. The molecular weight excluding hydrogens is 1630 g/mol. The summed E-state index contributed by atoms with van der Waals surface area (Å²) < 4.78 is 3.87. The number of halogens is 3. The summed E-state index contributed by atoms with van der Waals surface area (Å²) in [7, 11) is 0.